The Bertz CT molecular complexity index is 1230. The number of hydrogen-bond acceptors (Lipinski definition) is 7. The van der Waals surface area contributed by atoms with Gasteiger partial charge < -0.3 is 25.2 Å². The molecule has 3 aliphatic heterocycles. The molecule has 9 nitrogen and oxygen atoms in total. The molecule has 37 heavy (non-hydrogen) atoms. The quantitative estimate of drug-likeness (QED) is 0.601. The van der Waals surface area contributed by atoms with E-state index in [2.05, 4.69) is 37.3 Å². The molecule has 4 heterocycles. The lowest BCUT2D eigenvalue weighted by molar-refractivity contribution is -0.133. The number of fused-ring (bicyclic) bond motifs is 3. The van der Waals surface area contributed by atoms with E-state index in [0.717, 1.165) is 36.6 Å². The summed E-state index contributed by atoms with van der Waals surface area (Å²) < 4.78 is 5.53. The maximum atomic E-state index is 14.0. The van der Waals surface area contributed by atoms with Crippen molar-refractivity contribution >= 4 is 35.1 Å². The smallest absolute Gasteiger partial charge is 0.231 e. The molecule has 2 amide bonds. The summed E-state index contributed by atoms with van der Waals surface area (Å²) >= 11 is 6.16. The summed E-state index contributed by atoms with van der Waals surface area (Å²) in [5.41, 5.74) is 2.01. The summed E-state index contributed by atoms with van der Waals surface area (Å²) in [5, 5.41) is 7.25. The van der Waals surface area contributed by atoms with E-state index in [0.29, 0.717) is 54.8 Å². The average molecular weight is 523 g/mol. The van der Waals surface area contributed by atoms with Crippen LogP contribution in [0.2, 0.25) is 5.02 Å². The first-order valence-corrected chi connectivity index (χ1v) is 13.7. The number of benzene rings is 1. The molecule has 2 saturated heterocycles. The summed E-state index contributed by atoms with van der Waals surface area (Å²) in [5.74, 6) is 2.66. The van der Waals surface area contributed by atoms with Crippen molar-refractivity contribution in [3.8, 4) is 0 Å². The number of anilines is 2. The molecule has 2 aliphatic carbocycles. The first kappa shape index (κ1) is 23.4. The molecule has 4 fully saturated rings. The van der Waals surface area contributed by atoms with Crippen LogP contribution >= 0.6 is 11.6 Å². The van der Waals surface area contributed by atoms with Crippen LogP contribution in [-0.4, -0.2) is 77.7 Å². The maximum Gasteiger partial charge on any atom is 0.231 e. The lowest BCUT2D eigenvalue weighted by atomic mass is 9.94. The Hall–Kier alpha value is -2.75. The number of amides is 2. The second-order valence-electron chi connectivity index (χ2n) is 11.1. The average Bonchev–Trinajstić information content (AvgIpc) is 3.77. The predicted molar refractivity (Wildman–Crippen MR) is 139 cm³/mol. The van der Waals surface area contributed by atoms with Crippen molar-refractivity contribution in [2.45, 2.75) is 49.7 Å². The minimum absolute atomic E-state index is 0.00596. The number of aromatic nitrogens is 2. The van der Waals surface area contributed by atoms with E-state index in [9.17, 15) is 9.59 Å². The van der Waals surface area contributed by atoms with Gasteiger partial charge in [-0.2, -0.15) is 0 Å². The third kappa shape index (κ3) is 4.08. The summed E-state index contributed by atoms with van der Waals surface area (Å²) in [7, 11) is 0. The minimum atomic E-state index is -0.255. The molecular weight excluding hydrogens is 492 g/mol. The Morgan fingerprint density at radius 1 is 1.19 bits per heavy atom. The van der Waals surface area contributed by atoms with Gasteiger partial charge in [-0.3, -0.25) is 9.59 Å². The van der Waals surface area contributed by atoms with Crippen molar-refractivity contribution in [3.63, 3.8) is 0 Å². The van der Waals surface area contributed by atoms with Crippen molar-refractivity contribution in [1.82, 2.24) is 20.2 Å². The van der Waals surface area contributed by atoms with Crippen molar-refractivity contribution < 1.29 is 14.3 Å². The van der Waals surface area contributed by atoms with Crippen molar-refractivity contribution in [2.75, 3.05) is 43.1 Å². The van der Waals surface area contributed by atoms with Crippen LogP contribution in [0.5, 0.6) is 0 Å². The van der Waals surface area contributed by atoms with Gasteiger partial charge in [-0.05, 0) is 30.0 Å². The number of halogens is 1. The zero-order chi connectivity index (χ0) is 25.3. The van der Waals surface area contributed by atoms with E-state index < -0.39 is 0 Å². The number of carbonyl (C=O) groups excluding carboxylic acids is 2. The van der Waals surface area contributed by atoms with Crippen molar-refractivity contribution in [1.29, 1.82) is 0 Å². The largest absolute Gasteiger partial charge is 0.381 e. The molecule has 1 aromatic heterocycles. The van der Waals surface area contributed by atoms with Gasteiger partial charge >= 0.3 is 0 Å². The third-order valence-electron chi connectivity index (χ3n) is 8.85. The number of carbonyl (C=O) groups is 2. The standard InChI is InChI=1S/C27H31ClN6O3/c1-14-8-22(35)32-25-23(14)26(31-13-30-25)33-6-7-34(21-9-20(21)33)27(36)17(15-2-4-16(28)5-3-15)10-29-24-18-11-37-12-19(18)24/h2-5,13-14,17-21,24,29H,6-12H2,1H3,(H,30,31,32,35)/t14-,17-,18?,19?,20+,21-,24?/m1/s1. The van der Waals surface area contributed by atoms with Crippen molar-refractivity contribution in [3.05, 3.63) is 46.7 Å². The molecule has 1 aromatic carbocycles. The Morgan fingerprint density at radius 2 is 1.97 bits per heavy atom. The third-order valence-corrected chi connectivity index (χ3v) is 9.10. The molecule has 5 aliphatic rings. The van der Waals surface area contributed by atoms with Crippen LogP contribution in [0.15, 0.2) is 30.6 Å². The van der Waals surface area contributed by atoms with E-state index in [1.807, 2.05) is 24.3 Å². The van der Waals surface area contributed by atoms with Gasteiger partial charge in [0.15, 0.2) is 0 Å². The van der Waals surface area contributed by atoms with Crippen LogP contribution in [0.3, 0.4) is 0 Å². The Balaban J connectivity index is 1.09. The zero-order valence-corrected chi connectivity index (χ0v) is 21.5. The number of nitrogens with one attached hydrogen (secondary N) is 2. The topological polar surface area (TPSA) is 99.7 Å². The Kier molecular flexibility index (Phi) is 5.64. The molecule has 194 valence electrons. The summed E-state index contributed by atoms with van der Waals surface area (Å²) in [6.45, 7) is 5.67. The molecule has 2 aromatic rings. The molecule has 2 unspecified atom stereocenters. The van der Waals surface area contributed by atoms with Crippen LogP contribution in [0.4, 0.5) is 11.6 Å². The van der Waals surface area contributed by atoms with Gasteiger partial charge in [0.1, 0.15) is 18.0 Å². The molecular formula is C27H31ClN6O3. The highest BCUT2D eigenvalue weighted by Crippen LogP contribution is 2.46. The highest BCUT2D eigenvalue weighted by molar-refractivity contribution is 6.30. The van der Waals surface area contributed by atoms with Gasteiger partial charge in [0.05, 0.1) is 31.2 Å². The zero-order valence-electron chi connectivity index (χ0n) is 20.8. The fourth-order valence-corrected chi connectivity index (χ4v) is 6.82. The Labute approximate surface area is 220 Å². The van der Waals surface area contributed by atoms with Crippen LogP contribution in [-0.2, 0) is 14.3 Å². The molecule has 2 N–H and O–H groups in total. The first-order chi connectivity index (χ1) is 18.0. The summed E-state index contributed by atoms with van der Waals surface area (Å²) in [6, 6.07) is 8.55. The molecule has 0 spiro atoms. The predicted octanol–water partition coefficient (Wildman–Crippen LogP) is 2.38. The Morgan fingerprint density at radius 3 is 2.76 bits per heavy atom. The number of hydrogen-bond donors (Lipinski definition) is 2. The summed E-state index contributed by atoms with van der Waals surface area (Å²) in [6.07, 6.45) is 2.89. The van der Waals surface area contributed by atoms with Gasteiger partial charge in [-0.15, -0.1) is 0 Å². The molecule has 6 atom stereocenters. The SMILES string of the molecule is C[C@@H]1CC(=O)Nc2ncnc(N3CCN(C(=O)[C@H](CNC4C5COCC54)c4ccc(Cl)cc4)[C@@H]4C[C@@H]43)c21. The van der Waals surface area contributed by atoms with Crippen LogP contribution in [0, 0.1) is 11.8 Å². The number of nitrogens with zero attached hydrogens (tertiary/aromatic N) is 4. The lowest BCUT2D eigenvalue weighted by Gasteiger charge is -2.38. The van der Waals surface area contributed by atoms with Crippen LogP contribution < -0.4 is 15.5 Å². The van der Waals surface area contributed by atoms with E-state index in [1.165, 1.54) is 6.33 Å². The fraction of sp³-hybridized carbons (Fsp3) is 0.556. The number of ether oxygens (including phenoxy) is 1. The van der Waals surface area contributed by atoms with Gasteiger partial charge in [0.25, 0.3) is 0 Å². The van der Waals surface area contributed by atoms with E-state index in [-0.39, 0.29) is 35.7 Å². The van der Waals surface area contributed by atoms with Gasteiger partial charge in [-0.25, -0.2) is 9.97 Å². The van der Waals surface area contributed by atoms with Gasteiger partial charge in [-0.1, -0.05) is 30.7 Å². The number of rotatable bonds is 6. The normalized spacial score (nSPS) is 32.2. The molecule has 0 radical (unpaired) electrons. The van der Waals surface area contributed by atoms with Crippen molar-refractivity contribution in [2.24, 2.45) is 11.8 Å². The fourth-order valence-electron chi connectivity index (χ4n) is 6.69. The monoisotopic (exact) mass is 522 g/mol. The van der Waals surface area contributed by atoms with Gasteiger partial charge in [0, 0.05) is 54.5 Å². The van der Waals surface area contributed by atoms with Gasteiger partial charge in [0.2, 0.25) is 11.8 Å². The van der Waals surface area contributed by atoms with Crippen LogP contribution in [0.25, 0.3) is 0 Å². The maximum absolute atomic E-state index is 14.0. The molecule has 2 saturated carbocycles. The van der Waals surface area contributed by atoms with Crippen LogP contribution in [0.1, 0.15) is 42.7 Å². The molecule has 0 bridgehead atoms. The lowest BCUT2D eigenvalue weighted by Crippen LogP contribution is -2.51. The second kappa shape index (κ2) is 8.92. The van der Waals surface area contributed by atoms with E-state index >= 15 is 0 Å². The highest BCUT2D eigenvalue weighted by atomic mass is 35.5. The molecule has 10 heteroatoms. The second-order valence-corrected chi connectivity index (χ2v) is 11.5. The minimum Gasteiger partial charge on any atom is -0.381 e. The van der Waals surface area contributed by atoms with E-state index in [1.54, 1.807) is 0 Å². The number of piperazine rings is 1. The summed E-state index contributed by atoms with van der Waals surface area (Å²) in [4.78, 5) is 39.4. The van der Waals surface area contributed by atoms with E-state index in [4.69, 9.17) is 16.3 Å². The highest BCUT2D eigenvalue weighted by Gasteiger charge is 2.55. The molecule has 7 rings (SSSR count). The first-order valence-electron chi connectivity index (χ1n) is 13.3.